The van der Waals surface area contributed by atoms with Crippen molar-refractivity contribution in [3.8, 4) is 0 Å². The van der Waals surface area contributed by atoms with E-state index in [2.05, 4.69) is 10.2 Å². The average Bonchev–Trinajstić information content (AvgIpc) is 2.85. The molecule has 2 rings (SSSR count). The first-order valence-electron chi connectivity index (χ1n) is 6.52. The van der Waals surface area contributed by atoms with Crippen molar-refractivity contribution in [1.29, 1.82) is 0 Å². The minimum atomic E-state index is -0.0121. The Morgan fingerprint density at radius 1 is 1.53 bits per heavy atom. The number of hydrogen-bond acceptors (Lipinski definition) is 5. The summed E-state index contributed by atoms with van der Waals surface area (Å²) in [5, 5.41) is 3.33. The zero-order chi connectivity index (χ0) is 12.1. The first kappa shape index (κ1) is 13.2. The number of nitrogens with one attached hydrogen (secondary N) is 1. The minimum Gasteiger partial charge on any atom is -0.465 e. The van der Waals surface area contributed by atoms with Gasteiger partial charge in [-0.3, -0.25) is 9.69 Å². The fourth-order valence-corrected chi connectivity index (χ4v) is 3.92. The summed E-state index contributed by atoms with van der Waals surface area (Å²) in [5.74, 6) is 2.76. The quantitative estimate of drug-likeness (QED) is 0.747. The number of nitrogens with zero attached hydrogens (tertiary/aromatic N) is 1. The summed E-state index contributed by atoms with van der Waals surface area (Å²) < 4.78 is 5.26. The van der Waals surface area contributed by atoms with Gasteiger partial charge in [-0.15, -0.1) is 0 Å². The lowest BCUT2D eigenvalue weighted by Crippen LogP contribution is -2.54. The van der Waals surface area contributed by atoms with Gasteiger partial charge in [-0.2, -0.15) is 11.8 Å². The second-order valence-electron chi connectivity index (χ2n) is 4.61. The lowest BCUT2D eigenvalue weighted by atomic mass is 9.97. The second kappa shape index (κ2) is 6.61. The Labute approximate surface area is 107 Å². The maximum Gasteiger partial charge on any atom is 0.323 e. The molecular weight excluding hydrogens is 236 g/mol. The molecule has 2 aliphatic heterocycles. The molecule has 2 unspecified atom stereocenters. The molecule has 0 aromatic carbocycles. The number of hydrogen-bond donors (Lipinski definition) is 1. The summed E-state index contributed by atoms with van der Waals surface area (Å²) in [6.45, 7) is 6.26. The highest BCUT2D eigenvalue weighted by molar-refractivity contribution is 7.99. The molecule has 0 aliphatic carbocycles. The van der Waals surface area contributed by atoms with Crippen molar-refractivity contribution in [2.24, 2.45) is 5.92 Å². The predicted octanol–water partition coefficient (Wildman–Crippen LogP) is 0.576. The number of ether oxygens (including phenoxy) is 1. The Balaban J connectivity index is 2.01. The van der Waals surface area contributed by atoms with Crippen LogP contribution < -0.4 is 5.32 Å². The van der Waals surface area contributed by atoms with Crippen molar-refractivity contribution < 1.29 is 9.53 Å². The summed E-state index contributed by atoms with van der Waals surface area (Å²) in [6.07, 6.45) is 1.15. The van der Waals surface area contributed by atoms with Gasteiger partial charge in [-0.05, 0) is 30.8 Å². The van der Waals surface area contributed by atoms with Crippen LogP contribution in [0.5, 0.6) is 0 Å². The van der Waals surface area contributed by atoms with E-state index in [0.29, 0.717) is 12.5 Å². The molecule has 17 heavy (non-hydrogen) atoms. The van der Waals surface area contributed by atoms with Crippen LogP contribution in [0.1, 0.15) is 13.3 Å². The standard InChI is InChI=1S/C12H22N2O2S/c1-2-16-12(15)11(10-3-8-17-9-10)14-6-4-13-5-7-14/h10-11,13H,2-9H2,1H3. The highest BCUT2D eigenvalue weighted by Crippen LogP contribution is 2.29. The van der Waals surface area contributed by atoms with Gasteiger partial charge in [0.2, 0.25) is 0 Å². The van der Waals surface area contributed by atoms with Gasteiger partial charge in [-0.1, -0.05) is 0 Å². The number of piperazine rings is 1. The Bertz CT molecular complexity index is 251. The number of rotatable bonds is 4. The molecule has 5 heteroatoms. The van der Waals surface area contributed by atoms with Crippen LogP contribution in [0.15, 0.2) is 0 Å². The van der Waals surface area contributed by atoms with E-state index in [0.717, 1.165) is 38.4 Å². The molecule has 0 aromatic heterocycles. The first-order chi connectivity index (χ1) is 8.33. The maximum absolute atomic E-state index is 12.1. The van der Waals surface area contributed by atoms with Crippen LogP contribution in [-0.4, -0.2) is 61.2 Å². The third kappa shape index (κ3) is 3.36. The van der Waals surface area contributed by atoms with Gasteiger partial charge in [0.1, 0.15) is 6.04 Å². The average molecular weight is 258 g/mol. The van der Waals surface area contributed by atoms with Gasteiger partial charge in [0, 0.05) is 26.2 Å². The van der Waals surface area contributed by atoms with Crippen molar-refractivity contribution in [2.75, 3.05) is 44.3 Å². The van der Waals surface area contributed by atoms with Gasteiger partial charge < -0.3 is 10.1 Å². The Kier molecular flexibility index (Phi) is 5.13. The summed E-state index contributed by atoms with van der Waals surface area (Å²) in [6, 6.07) is -0.00736. The molecule has 0 saturated carbocycles. The summed E-state index contributed by atoms with van der Waals surface area (Å²) in [7, 11) is 0. The highest BCUT2D eigenvalue weighted by atomic mass is 32.2. The van der Waals surface area contributed by atoms with Gasteiger partial charge in [0.25, 0.3) is 0 Å². The molecule has 2 saturated heterocycles. The zero-order valence-corrected chi connectivity index (χ0v) is 11.3. The van der Waals surface area contributed by atoms with Crippen molar-refractivity contribution in [2.45, 2.75) is 19.4 Å². The summed E-state index contributed by atoms with van der Waals surface area (Å²) in [4.78, 5) is 14.4. The molecule has 4 nitrogen and oxygen atoms in total. The number of esters is 1. The van der Waals surface area contributed by atoms with Crippen LogP contribution >= 0.6 is 11.8 Å². The molecule has 2 heterocycles. The predicted molar refractivity (Wildman–Crippen MR) is 70.3 cm³/mol. The molecule has 98 valence electrons. The van der Waals surface area contributed by atoms with E-state index in [-0.39, 0.29) is 12.0 Å². The zero-order valence-electron chi connectivity index (χ0n) is 10.5. The molecule has 0 radical (unpaired) electrons. The van der Waals surface area contributed by atoms with Crippen LogP contribution in [0.4, 0.5) is 0 Å². The lowest BCUT2D eigenvalue weighted by molar-refractivity contribution is -0.151. The van der Waals surface area contributed by atoms with Gasteiger partial charge in [-0.25, -0.2) is 0 Å². The third-order valence-electron chi connectivity index (χ3n) is 3.48. The van der Waals surface area contributed by atoms with E-state index in [9.17, 15) is 4.79 Å². The van der Waals surface area contributed by atoms with Crippen LogP contribution in [0.2, 0.25) is 0 Å². The fourth-order valence-electron chi connectivity index (χ4n) is 2.63. The Hall–Kier alpha value is -0.260. The number of thioether (sulfide) groups is 1. The van der Waals surface area contributed by atoms with E-state index < -0.39 is 0 Å². The Morgan fingerprint density at radius 2 is 2.29 bits per heavy atom. The van der Waals surface area contributed by atoms with E-state index in [1.54, 1.807) is 0 Å². The van der Waals surface area contributed by atoms with Crippen molar-refractivity contribution in [3.05, 3.63) is 0 Å². The van der Waals surface area contributed by atoms with Crippen LogP contribution in [0, 0.1) is 5.92 Å². The van der Waals surface area contributed by atoms with E-state index in [1.165, 1.54) is 5.75 Å². The van der Waals surface area contributed by atoms with Gasteiger partial charge in [0.05, 0.1) is 6.61 Å². The largest absolute Gasteiger partial charge is 0.465 e. The fraction of sp³-hybridized carbons (Fsp3) is 0.917. The van der Waals surface area contributed by atoms with E-state index >= 15 is 0 Å². The Morgan fingerprint density at radius 3 is 2.88 bits per heavy atom. The summed E-state index contributed by atoms with van der Waals surface area (Å²) >= 11 is 1.96. The van der Waals surface area contributed by atoms with Crippen LogP contribution in [0.3, 0.4) is 0 Å². The molecule has 1 N–H and O–H groups in total. The van der Waals surface area contributed by atoms with Crippen LogP contribution in [-0.2, 0) is 9.53 Å². The topological polar surface area (TPSA) is 41.6 Å². The second-order valence-corrected chi connectivity index (χ2v) is 5.76. The normalized spacial score (nSPS) is 27.9. The SMILES string of the molecule is CCOC(=O)C(C1CCSC1)N1CCNCC1. The maximum atomic E-state index is 12.1. The minimum absolute atomic E-state index is 0.00736. The highest BCUT2D eigenvalue weighted by Gasteiger charge is 2.36. The molecule has 0 bridgehead atoms. The summed E-state index contributed by atoms with van der Waals surface area (Å²) in [5.41, 5.74) is 0. The van der Waals surface area contributed by atoms with Crippen molar-refractivity contribution >= 4 is 17.7 Å². The van der Waals surface area contributed by atoms with Gasteiger partial charge >= 0.3 is 5.97 Å². The van der Waals surface area contributed by atoms with Crippen LogP contribution in [0.25, 0.3) is 0 Å². The third-order valence-corrected chi connectivity index (χ3v) is 4.67. The molecule has 2 fully saturated rings. The van der Waals surface area contributed by atoms with Crippen molar-refractivity contribution in [3.63, 3.8) is 0 Å². The number of carbonyl (C=O) groups excluding carboxylic acids is 1. The monoisotopic (exact) mass is 258 g/mol. The van der Waals surface area contributed by atoms with Gasteiger partial charge in [0.15, 0.2) is 0 Å². The molecule has 0 spiro atoms. The smallest absolute Gasteiger partial charge is 0.323 e. The molecule has 2 aliphatic rings. The number of carbonyl (C=O) groups is 1. The van der Waals surface area contributed by atoms with E-state index in [1.807, 2.05) is 18.7 Å². The first-order valence-corrected chi connectivity index (χ1v) is 7.67. The molecule has 2 atom stereocenters. The lowest BCUT2D eigenvalue weighted by Gasteiger charge is -2.36. The molecular formula is C12H22N2O2S. The van der Waals surface area contributed by atoms with Crippen molar-refractivity contribution in [1.82, 2.24) is 10.2 Å². The molecule has 0 aromatic rings. The molecule has 0 amide bonds. The van der Waals surface area contributed by atoms with E-state index in [4.69, 9.17) is 4.74 Å².